The van der Waals surface area contributed by atoms with Gasteiger partial charge in [0.2, 0.25) is 15.9 Å². The molecule has 2 aromatic heterocycles. The number of hydrogen-bond acceptors (Lipinski definition) is 9. The fraction of sp³-hybridized carbons (Fsp3) is 0.346. The Morgan fingerprint density at radius 3 is 2.32 bits per heavy atom. The number of hydrogen-bond donors (Lipinski definition) is 0. The van der Waals surface area contributed by atoms with E-state index >= 15 is 8.78 Å². The van der Waals surface area contributed by atoms with Crippen molar-refractivity contribution < 1.29 is 31.5 Å². The van der Waals surface area contributed by atoms with Gasteiger partial charge in [0.25, 0.3) is 0 Å². The molecule has 4 heterocycles. The first-order valence-electron chi connectivity index (χ1n) is 12.6. The summed E-state index contributed by atoms with van der Waals surface area (Å²) in [6, 6.07) is 8.40. The Balaban J connectivity index is 1.29. The fourth-order valence-corrected chi connectivity index (χ4v) is 6.33. The van der Waals surface area contributed by atoms with E-state index < -0.39 is 33.2 Å². The molecular weight excluding hydrogens is 582 g/mol. The van der Waals surface area contributed by atoms with E-state index in [0.29, 0.717) is 18.7 Å². The molecule has 11 nitrogen and oxygen atoms in total. The van der Waals surface area contributed by atoms with E-state index in [0.717, 1.165) is 32.0 Å². The van der Waals surface area contributed by atoms with Crippen LogP contribution in [0.3, 0.4) is 0 Å². The average molecular weight is 607 g/mol. The van der Waals surface area contributed by atoms with E-state index in [1.54, 1.807) is 21.9 Å². The summed E-state index contributed by atoms with van der Waals surface area (Å²) in [5.74, 6) is -4.25. The van der Waals surface area contributed by atoms with Gasteiger partial charge < -0.3 is 14.5 Å². The maximum atomic E-state index is 15.4. The van der Waals surface area contributed by atoms with Crippen LogP contribution in [0.15, 0.2) is 53.7 Å². The highest BCUT2D eigenvalue weighted by molar-refractivity contribution is 7.89. The van der Waals surface area contributed by atoms with Crippen molar-refractivity contribution in [2.45, 2.75) is 23.7 Å². The molecule has 0 atom stereocenters. The minimum Gasteiger partial charge on any atom is -0.464 e. The van der Waals surface area contributed by atoms with Gasteiger partial charge in [-0.25, -0.2) is 23.2 Å². The van der Waals surface area contributed by atoms with Crippen molar-refractivity contribution >= 4 is 45.0 Å². The average Bonchev–Trinajstić information content (AvgIpc) is 3.42. The highest BCUT2D eigenvalue weighted by Gasteiger charge is 2.38. The number of pyridine rings is 1. The SMILES string of the molecule is COC(=O)c1cnc(C(F)(F)c2cc(Cl)nc(N3CCN(S(=O)(=O)c4ccc(N5CCCC5=O)cc4)CC3)c2)cn1. The number of halogens is 3. The maximum absolute atomic E-state index is 15.4. The van der Waals surface area contributed by atoms with Gasteiger partial charge in [-0.1, -0.05) is 11.6 Å². The number of anilines is 2. The van der Waals surface area contributed by atoms with Crippen LogP contribution in [-0.4, -0.2) is 79.4 Å². The van der Waals surface area contributed by atoms with Crippen LogP contribution in [0.25, 0.3) is 0 Å². The van der Waals surface area contributed by atoms with Crippen LogP contribution in [0.2, 0.25) is 5.15 Å². The van der Waals surface area contributed by atoms with Crippen molar-refractivity contribution in [2.24, 2.45) is 0 Å². The van der Waals surface area contributed by atoms with Crippen molar-refractivity contribution in [3.63, 3.8) is 0 Å². The van der Waals surface area contributed by atoms with E-state index in [1.165, 1.54) is 22.5 Å². The van der Waals surface area contributed by atoms with Gasteiger partial charge in [-0.05, 0) is 42.8 Å². The second-order valence-corrected chi connectivity index (χ2v) is 11.7. The largest absolute Gasteiger partial charge is 0.464 e. The Morgan fingerprint density at radius 2 is 1.73 bits per heavy atom. The van der Waals surface area contributed by atoms with Crippen LogP contribution in [0.1, 0.15) is 34.6 Å². The number of amides is 1. The molecule has 5 rings (SSSR count). The Hall–Kier alpha value is -3.75. The van der Waals surface area contributed by atoms with Crippen LogP contribution >= 0.6 is 11.6 Å². The monoisotopic (exact) mass is 606 g/mol. The van der Waals surface area contributed by atoms with Gasteiger partial charge in [-0.2, -0.15) is 13.1 Å². The predicted molar refractivity (Wildman–Crippen MR) is 145 cm³/mol. The fourth-order valence-electron chi connectivity index (χ4n) is 4.70. The summed E-state index contributed by atoms with van der Waals surface area (Å²) in [7, 11) is -2.68. The molecule has 41 heavy (non-hydrogen) atoms. The van der Waals surface area contributed by atoms with Crippen LogP contribution in [0.5, 0.6) is 0 Å². The van der Waals surface area contributed by atoms with Gasteiger partial charge in [0, 0.05) is 50.4 Å². The standard InChI is InChI=1S/C26H25ClF2N6O5S/c1-40-25(37)20-15-31-21(16-30-20)26(28,29)17-13-22(27)32-23(14-17)33-9-11-34(12-10-33)41(38,39)19-6-4-18(5-7-19)35-8-2-3-24(35)36/h4-7,13-16H,2-3,8-12H2,1H3. The molecule has 1 amide bonds. The van der Waals surface area contributed by atoms with Gasteiger partial charge in [-0.15, -0.1) is 0 Å². The first-order chi connectivity index (χ1) is 19.5. The molecule has 15 heteroatoms. The summed E-state index contributed by atoms with van der Waals surface area (Å²) in [6.07, 6.45) is 2.93. The van der Waals surface area contributed by atoms with Crippen molar-refractivity contribution in [1.29, 1.82) is 0 Å². The van der Waals surface area contributed by atoms with Crippen LogP contribution in [0, 0.1) is 0 Å². The molecule has 0 aliphatic carbocycles. The van der Waals surface area contributed by atoms with Crippen LogP contribution < -0.4 is 9.80 Å². The number of nitrogens with zero attached hydrogens (tertiary/aromatic N) is 6. The van der Waals surface area contributed by atoms with Gasteiger partial charge in [-0.3, -0.25) is 9.78 Å². The smallest absolute Gasteiger partial charge is 0.358 e. The molecule has 2 aliphatic rings. The number of rotatable bonds is 7. The Morgan fingerprint density at radius 1 is 1.02 bits per heavy atom. The third-order valence-corrected chi connectivity index (χ3v) is 9.04. The molecule has 2 fully saturated rings. The number of benzene rings is 1. The van der Waals surface area contributed by atoms with Crippen LogP contribution in [-0.2, 0) is 25.5 Å². The molecule has 0 spiro atoms. The zero-order valence-electron chi connectivity index (χ0n) is 21.8. The van der Waals surface area contributed by atoms with E-state index in [4.69, 9.17) is 11.6 Å². The van der Waals surface area contributed by atoms with Crippen molar-refractivity contribution in [3.05, 3.63) is 70.9 Å². The highest BCUT2D eigenvalue weighted by atomic mass is 35.5. The zero-order valence-corrected chi connectivity index (χ0v) is 23.4. The van der Waals surface area contributed by atoms with Crippen molar-refractivity contribution in [1.82, 2.24) is 19.3 Å². The lowest BCUT2D eigenvalue weighted by atomic mass is 10.1. The lowest BCUT2D eigenvalue weighted by Crippen LogP contribution is -2.49. The lowest BCUT2D eigenvalue weighted by Gasteiger charge is -2.35. The third-order valence-electron chi connectivity index (χ3n) is 6.93. The summed E-state index contributed by atoms with van der Waals surface area (Å²) in [5, 5.41) is -0.178. The normalized spacial score (nSPS) is 16.7. The van der Waals surface area contributed by atoms with Gasteiger partial charge >= 0.3 is 11.9 Å². The van der Waals surface area contributed by atoms with Crippen LogP contribution in [0.4, 0.5) is 20.3 Å². The number of sulfonamides is 1. The molecule has 1 aromatic carbocycles. The molecule has 2 aliphatic heterocycles. The molecule has 0 N–H and O–H groups in total. The Kier molecular flexibility index (Phi) is 7.90. The molecule has 0 saturated carbocycles. The lowest BCUT2D eigenvalue weighted by molar-refractivity contribution is -0.117. The predicted octanol–water partition coefficient (Wildman–Crippen LogP) is 3.09. The first kappa shape index (κ1) is 28.8. The highest BCUT2D eigenvalue weighted by Crippen LogP contribution is 2.37. The third kappa shape index (κ3) is 5.72. The summed E-state index contributed by atoms with van der Waals surface area (Å²) >= 11 is 6.10. The number of aromatic nitrogens is 3. The second-order valence-electron chi connectivity index (χ2n) is 9.42. The first-order valence-corrected chi connectivity index (χ1v) is 14.4. The number of carbonyl (C=O) groups is 2. The minimum atomic E-state index is -3.82. The molecular formula is C26H25ClF2N6O5S. The number of methoxy groups -OCH3 is 1. The number of piperazine rings is 1. The molecule has 0 bridgehead atoms. The second kappa shape index (κ2) is 11.3. The number of ether oxygens (including phenoxy) is 1. The molecule has 2 saturated heterocycles. The van der Waals surface area contributed by atoms with Gasteiger partial charge in [0.05, 0.1) is 24.4 Å². The Bertz CT molecular complexity index is 1570. The number of esters is 1. The quantitative estimate of drug-likeness (QED) is 0.295. The number of carbonyl (C=O) groups excluding carboxylic acids is 2. The topological polar surface area (TPSA) is 126 Å². The molecule has 3 aromatic rings. The number of alkyl halides is 2. The summed E-state index contributed by atoms with van der Waals surface area (Å²) in [5.41, 5.74) is -0.749. The van der Waals surface area contributed by atoms with Crippen molar-refractivity contribution in [3.8, 4) is 0 Å². The minimum absolute atomic E-state index is 0.0108. The Labute approximate surface area is 239 Å². The maximum Gasteiger partial charge on any atom is 0.358 e. The summed E-state index contributed by atoms with van der Waals surface area (Å²) in [4.78, 5) is 38.5. The van der Waals surface area contributed by atoms with Gasteiger partial charge in [0.15, 0.2) is 5.69 Å². The van der Waals surface area contributed by atoms with E-state index in [2.05, 4.69) is 19.7 Å². The van der Waals surface area contributed by atoms with E-state index in [-0.39, 0.29) is 53.6 Å². The summed E-state index contributed by atoms with van der Waals surface area (Å²) < 4.78 is 63.0. The van der Waals surface area contributed by atoms with Gasteiger partial charge in [0.1, 0.15) is 16.7 Å². The molecule has 0 unspecified atom stereocenters. The molecule has 0 radical (unpaired) electrons. The van der Waals surface area contributed by atoms with E-state index in [9.17, 15) is 18.0 Å². The zero-order chi connectivity index (χ0) is 29.4. The molecule has 216 valence electrons. The summed E-state index contributed by atoms with van der Waals surface area (Å²) in [6.45, 7) is 1.16. The van der Waals surface area contributed by atoms with E-state index in [1.807, 2.05) is 0 Å². The van der Waals surface area contributed by atoms with Crippen molar-refractivity contribution in [2.75, 3.05) is 49.6 Å².